The van der Waals surface area contributed by atoms with Crippen LogP contribution in [-0.2, 0) is 0 Å². The Labute approximate surface area is 113 Å². The number of carboxylic acids is 1. The topological polar surface area (TPSA) is 62.2 Å². The minimum atomic E-state index is -1.18. The molecule has 2 rings (SSSR count). The number of pyridine rings is 1. The fourth-order valence-electron chi connectivity index (χ4n) is 1.36. The van der Waals surface area contributed by atoms with Crippen molar-refractivity contribution in [1.82, 2.24) is 4.98 Å². The molecule has 0 amide bonds. The van der Waals surface area contributed by atoms with Crippen LogP contribution in [-0.4, -0.2) is 16.1 Å². The highest BCUT2D eigenvalue weighted by Gasteiger charge is 2.11. The molecule has 2 N–H and O–H groups in total. The van der Waals surface area contributed by atoms with E-state index in [4.69, 9.17) is 28.3 Å². The molecule has 1 aromatic carbocycles. The number of rotatable bonds is 3. The average molecular weight is 283 g/mol. The number of halogens is 2. The van der Waals surface area contributed by atoms with Crippen LogP contribution in [0.5, 0.6) is 0 Å². The third-order valence-electron chi connectivity index (χ3n) is 2.19. The SMILES string of the molecule is O=C(O)c1nc(Nc2ccccc2Cl)ccc1Cl. The smallest absolute Gasteiger partial charge is 0.356 e. The van der Waals surface area contributed by atoms with Crippen molar-refractivity contribution in [3.05, 3.63) is 52.1 Å². The van der Waals surface area contributed by atoms with Gasteiger partial charge in [0.15, 0.2) is 5.69 Å². The van der Waals surface area contributed by atoms with Crippen LogP contribution < -0.4 is 5.32 Å². The van der Waals surface area contributed by atoms with Gasteiger partial charge in [-0.2, -0.15) is 0 Å². The highest BCUT2D eigenvalue weighted by molar-refractivity contribution is 6.33. The molecule has 0 aliphatic heterocycles. The molecule has 2 aromatic rings. The number of para-hydroxylation sites is 1. The molecule has 0 atom stereocenters. The van der Waals surface area contributed by atoms with E-state index in [0.717, 1.165) is 0 Å². The fourth-order valence-corrected chi connectivity index (χ4v) is 1.73. The van der Waals surface area contributed by atoms with E-state index >= 15 is 0 Å². The van der Waals surface area contributed by atoms with Crippen molar-refractivity contribution < 1.29 is 9.90 Å². The molecular formula is C12H8Cl2N2O2. The fraction of sp³-hybridized carbons (Fsp3) is 0. The lowest BCUT2D eigenvalue weighted by molar-refractivity contribution is 0.0691. The summed E-state index contributed by atoms with van der Waals surface area (Å²) in [5.41, 5.74) is 0.444. The zero-order valence-electron chi connectivity index (χ0n) is 9.02. The second-order valence-electron chi connectivity index (χ2n) is 3.44. The van der Waals surface area contributed by atoms with Crippen LogP contribution in [0.4, 0.5) is 11.5 Å². The van der Waals surface area contributed by atoms with Gasteiger partial charge in [-0.05, 0) is 24.3 Å². The number of anilines is 2. The maximum atomic E-state index is 10.9. The Balaban J connectivity index is 2.33. The Hall–Kier alpha value is -1.78. The number of nitrogens with one attached hydrogen (secondary N) is 1. The van der Waals surface area contributed by atoms with Gasteiger partial charge in [-0.15, -0.1) is 0 Å². The summed E-state index contributed by atoms with van der Waals surface area (Å²) >= 11 is 11.7. The standard InChI is InChI=1S/C12H8Cl2N2O2/c13-7-3-1-2-4-9(7)15-10-6-5-8(14)11(16-10)12(17)18/h1-6H,(H,15,16)(H,17,18). The first-order chi connectivity index (χ1) is 8.58. The Bertz CT molecular complexity index is 602. The molecule has 92 valence electrons. The zero-order valence-corrected chi connectivity index (χ0v) is 10.5. The Kier molecular flexibility index (Phi) is 3.69. The van der Waals surface area contributed by atoms with E-state index in [9.17, 15) is 4.79 Å². The molecule has 0 aliphatic carbocycles. The van der Waals surface area contributed by atoms with E-state index in [1.807, 2.05) is 6.07 Å². The van der Waals surface area contributed by atoms with Crippen LogP contribution in [0, 0.1) is 0 Å². The predicted octanol–water partition coefficient (Wildman–Crippen LogP) is 3.83. The summed E-state index contributed by atoms with van der Waals surface area (Å²) in [7, 11) is 0. The molecule has 6 heteroatoms. The van der Waals surface area contributed by atoms with Gasteiger partial charge in [0.05, 0.1) is 15.7 Å². The molecule has 0 spiro atoms. The van der Waals surface area contributed by atoms with Gasteiger partial charge in [-0.1, -0.05) is 35.3 Å². The first kappa shape index (κ1) is 12.7. The zero-order chi connectivity index (χ0) is 13.1. The number of carboxylic acid groups (broad SMARTS) is 1. The molecule has 1 heterocycles. The van der Waals surface area contributed by atoms with Crippen LogP contribution in [0.1, 0.15) is 10.5 Å². The van der Waals surface area contributed by atoms with E-state index < -0.39 is 5.97 Å². The minimum Gasteiger partial charge on any atom is -0.476 e. The molecule has 0 aliphatic rings. The van der Waals surface area contributed by atoms with Gasteiger partial charge in [-0.25, -0.2) is 9.78 Å². The molecule has 0 unspecified atom stereocenters. The number of hydrogen-bond donors (Lipinski definition) is 2. The van der Waals surface area contributed by atoms with Crippen LogP contribution in [0.2, 0.25) is 10.0 Å². The Morgan fingerprint density at radius 3 is 2.50 bits per heavy atom. The van der Waals surface area contributed by atoms with Gasteiger partial charge < -0.3 is 10.4 Å². The Morgan fingerprint density at radius 1 is 1.11 bits per heavy atom. The molecule has 4 nitrogen and oxygen atoms in total. The molecule has 18 heavy (non-hydrogen) atoms. The quantitative estimate of drug-likeness (QED) is 0.898. The lowest BCUT2D eigenvalue weighted by atomic mass is 10.3. The molecule has 0 bridgehead atoms. The maximum absolute atomic E-state index is 10.9. The van der Waals surface area contributed by atoms with Crippen LogP contribution >= 0.6 is 23.2 Å². The number of aromatic nitrogens is 1. The van der Waals surface area contributed by atoms with Crippen LogP contribution in [0.3, 0.4) is 0 Å². The van der Waals surface area contributed by atoms with Crippen molar-refractivity contribution in [2.75, 3.05) is 5.32 Å². The Morgan fingerprint density at radius 2 is 1.83 bits per heavy atom. The molecular weight excluding hydrogens is 275 g/mol. The number of carbonyl (C=O) groups is 1. The summed E-state index contributed by atoms with van der Waals surface area (Å²) in [6.07, 6.45) is 0. The number of nitrogens with zero attached hydrogens (tertiary/aromatic N) is 1. The van der Waals surface area contributed by atoms with Crippen molar-refractivity contribution >= 4 is 40.7 Å². The van der Waals surface area contributed by atoms with Crippen molar-refractivity contribution in [3.8, 4) is 0 Å². The van der Waals surface area contributed by atoms with Crippen molar-refractivity contribution in [2.45, 2.75) is 0 Å². The lowest BCUT2D eigenvalue weighted by Gasteiger charge is -2.08. The predicted molar refractivity (Wildman–Crippen MR) is 70.9 cm³/mol. The van der Waals surface area contributed by atoms with Crippen LogP contribution in [0.15, 0.2) is 36.4 Å². The summed E-state index contributed by atoms with van der Waals surface area (Å²) < 4.78 is 0. The van der Waals surface area contributed by atoms with Crippen LogP contribution in [0.25, 0.3) is 0 Å². The largest absolute Gasteiger partial charge is 0.476 e. The molecule has 0 radical (unpaired) electrons. The van der Waals surface area contributed by atoms with Gasteiger partial charge in [0.2, 0.25) is 0 Å². The van der Waals surface area contributed by atoms with Crippen molar-refractivity contribution in [1.29, 1.82) is 0 Å². The van der Waals surface area contributed by atoms with Crippen molar-refractivity contribution in [3.63, 3.8) is 0 Å². The van der Waals surface area contributed by atoms with E-state index in [0.29, 0.717) is 16.5 Å². The highest BCUT2D eigenvalue weighted by atomic mass is 35.5. The average Bonchev–Trinajstić information content (AvgIpc) is 2.34. The first-order valence-electron chi connectivity index (χ1n) is 4.99. The molecule has 0 fully saturated rings. The van der Waals surface area contributed by atoms with E-state index in [1.165, 1.54) is 6.07 Å². The number of hydrogen-bond acceptors (Lipinski definition) is 3. The summed E-state index contributed by atoms with van der Waals surface area (Å²) in [6, 6.07) is 10.1. The summed E-state index contributed by atoms with van der Waals surface area (Å²) in [5, 5.41) is 12.4. The lowest BCUT2D eigenvalue weighted by Crippen LogP contribution is -2.04. The summed E-state index contributed by atoms with van der Waals surface area (Å²) in [5.74, 6) is -0.812. The number of benzene rings is 1. The maximum Gasteiger partial charge on any atom is 0.356 e. The normalized spacial score (nSPS) is 10.1. The second-order valence-corrected chi connectivity index (χ2v) is 4.25. The van der Waals surface area contributed by atoms with Gasteiger partial charge in [0, 0.05) is 0 Å². The van der Waals surface area contributed by atoms with Crippen molar-refractivity contribution in [2.24, 2.45) is 0 Å². The second kappa shape index (κ2) is 5.25. The molecule has 0 saturated heterocycles. The van der Waals surface area contributed by atoms with Gasteiger partial charge >= 0.3 is 5.97 Å². The van der Waals surface area contributed by atoms with Gasteiger partial charge in [0.1, 0.15) is 5.82 Å². The third-order valence-corrected chi connectivity index (χ3v) is 2.82. The minimum absolute atomic E-state index is 0.0900. The van der Waals surface area contributed by atoms with E-state index in [1.54, 1.807) is 24.3 Å². The monoisotopic (exact) mass is 282 g/mol. The third kappa shape index (κ3) is 2.72. The number of aromatic carboxylic acids is 1. The summed E-state index contributed by atoms with van der Waals surface area (Å²) in [6.45, 7) is 0. The van der Waals surface area contributed by atoms with E-state index in [-0.39, 0.29) is 10.7 Å². The van der Waals surface area contributed by atoms with E-state index in [2.05, 4.69) is 10.3 Å². The van der Waals surface area contributed by atoms with Gasteiger partial charge in [0.25, 0.3) is 0 Å². The highest BCUT2D eigenvalue weighted by Crippen LogP contribution is 2.25. The molecule has 1 aromatic heterocycles. The van der Waals surface area contributed by atoms with Gasteiger partial charge in [-0.3, -0.25) is 0 Å². The first-order valence-corrected chi connectivity index (χ1v) is 5.75. The molecule has 0 saturated carbocycles. The summed E-state index contributed by atoms with van der Waals surface area (Å²) in [4.78, 5) is 14.8.